The summed E-state index contributed by atoms with van der Waals surface area (Å²) in [4.78, 5) is 27.7. The van der Waals surface area contributed by atoms with Gasteiger partial charge in [0, 0.05) is 23.4 Å². The molecule has 1 atom stereocenters. The SMILES string of the molecule is CC(C(=O)NC1CCCC1)N(Cc1cccc(Cl)c1)C(=O)CSCc1ccc(Cl)c(Cl)c1. The summed E-state index contributed by atoms with van der Waals surface area (Å²) in [6, 6.07) is 12.5. The lowest BCUT2D eigenvalue weighted by Gasteiger charge is -2.29. The minimum absolute atomic E-state index is 0.0934. The Morgan fingerprint density at radius 3 is 2.50 bits per heavy atom. The first-order chi connectivity index (χ1) is 15.3. The molecule has 8 heteroatoms. The largest absolute Gasteiger partial charge is 0.352 e. The van der Waals surface area contributed by atoms with Crippen LogP contribution in [0.25, 0.3) is 0 Å². The van der Waals surface area contributed by atoms with Crippen molar-refractivity contribution in [2.24, 2.45) is 0 Å². The fourth-order valence-electron chi connectivity index (χ4n) is 3.78. The molecule has 0 radical (unpaired) electrons. The minimum atomic E-state index is -0.576. The van der Waals surface area contributed by atoms with Crippen molar-refractivity contribution in [1.29, 1.82) is 0 Å². The zero-order valence-electron chi connectivity index (χ0n) is 18.0. The maximum absolute atomic E-state index is 13.2. The first-order valence-electron chi connectivity index (χ1n) is 10.7. The van der Waals surface area contributed by atoms with Gasteiger partial charge in [0.15, 0.2) is 0 Å². The van der Waals surface area contributed by atoms with Crippen LogP contribution < -0.4 is 5.32 Å². The van der Waals surface area contributed by atoms with Gasteiger partial charge in [-0.2, -0.15) is 0 Å². The Labute approximate surface area is 209 Å². The molecule has 0 saturated heterocycles. The number of carbonyl (C=O) groups is 2. The van der Waals surface area contributed by atoms with Crippen molar-refractivity contribution < 1.29 is 9.59 Å². The van der Waals surface area contributed by atoms with Crippen molar-refractivity contribution in [1.82, 2.24) is 10.2 Å². The maximum atomic E-state index is 13.2. The first kappa shape index (κ1) is 25.2. The average Bonchev–Trinajstić information content (AvgIpc) is 3.27. The van der Waals surface area contributed by atoms with Crippen LogP contribution in [-0.2, 0) is 21.9 Å². The van der Waals surface area contributed by atoms with E-state index in [1.165, 1.54) is 11.8 Å². The highest BCUT2D eigenvalue weighted by Gasteiger charge is 2.28. The summed E-state index contributed by atoms with van der Waals surface area (Å²) >= 11 is 19.7. The van der Waals surface area contributed by atoms with Crippen molar-refractivity contribution >= 4 is 58.4 Å². The highest BCUT2D eigenvalue weighted by molar-refractivity contribution is 7.99. The number of halogens is 3. The van der Waals surface area contributed by atoms with E-state index in [2.05, 4.69) is 5.32 Å². The van der Waals surface area contributed by atoms with Gasteiger partial charge in [-0.25, -0.2) is 0 Å². The molecule has 2 aromatic carbocycles. The fourth-order valence-corrected chi connectivity index (χ4v) is 5.17. The van der Waals surface area contributed by atoms with Crippen LogP contribution in [0, 0.1) is 0 Å². The molecule has 1 aliphatic carbocycles. The molecule has 0 aromatic heterocycles. The van der Waals surface area contributed by atoms with E-state index in [0.717, 1.165) is 36.8 Å². The third kappa shape index (κ3) is 7.31. The lowest BCUT2D eigenvalue weighted by atomic mass is 10.1. The molecule has 1 saturated carbocycles. The Hall–Kier alpha value is -1.40. The van der Waals surface area contributed by atoms with E-state index in [0.29, 0.717) is 27.4 Å². The van der Waals surface area contributed by atoms with Crippen LogP contribution in [0.3, 0.4) is 0 Å². The topological polar surface area (TPSA) is 49.4 Å². The van der Waals surface area contributed by atoms with Gasteiger partial charge >= 0.3 is 0 Å². The normalized spacial score (nSPS) is 14.9. The van der Waals surface area contributed by atoms with Crippen molar-refractivity contribution in [2.45, 2.75) is 57.0 Å². The monoisotopic (exact) mass is 512 g/mol. The molecule has 0 aliphatic heterocycles. The van der Waals surface area contributed by atoms with E-state index in [1.54, 1.807) is 24.0 Å². The van der Waals surface area contributed by atoms with E-state index >= 15 is 0 Å². The molecule has 1 unspecified atom stereocenters. The summed E-state index contributed by atoms with van der Waals surface area (Å²) in [5.41, 5.74) is 1.88. The van der Waals surface area contributed by atoms with Crippen molar-refractivity contribution in [2.75, 3.05) is 5.75 Å². The highest BCUT2D eigenvalue weighted by Crippen LogP contribution is 2.25. The van der Waals surface area contributed by atoms with E-state index in [9.17, 15) is 9.59 Å². The standard InChI is InChI=1S/C24H27Cl3N2O2S/c1-16(24(31)28-20-7-2-3-8-20)29(13-17-5-4-6-19(25)11-17)23(30)15-32-14-18-9-10-21(26)22(27)12-18/h4-6,9-12,16,20H,2-3,7-8,13-15H2,1H3,(H,28,31). The number of nitrogens with zero attached hydrogens (tertiary/aromatic N) is 1. The summed E-state index contributed by atoms with van der Waals surface area (Å²) in [6.07, 6.45) is 4.27. The number of thioether (sulfide) groups is 1. The molecule has 1 N–H and O–H groups in total. The van der Waals surface area contributed by atoms with Gasteiger partial charge in [-0.15, -0.1) is 11.8 Å². The van der Waals surface area contributed by atoms with Gasteiger partial charge in [0.1, 0.15) is 6.04 Å². The zero-order chi connectivity index (χ0) is 23.1. The van der Waals surface area contributed by atoms with Gasteiger partial charge in [-0.3, -0.25) is 9.59 Å². The predicted molar refractivity (Wildman–Crippen MR) is 134 cm³/mol. The van der Waals surface area contributed by atoms with Crippen LogP contribution in [0.15, 0.2) is 42.5 Å². The van der Waals surface area contributed by atoms with E-state index in [-0.39, 0.29) is 23.6 Å². The Kier molecular flexibility index (Phi) is 9.60. The summed E-state index contributed by atoms with van der Waals surface area (Å²) in [5, 5.41) is 4.72. The highest BCUT2D eigenvalue weighted by atomic mass is 35.5. The summed E-state index contributed by atoms with van der Waals surface area (Å²) in [7, 11) is 0. The Bertz CT molecular complexity index is 951. The molecule has 0 bridgehead atoms. The van der Waals surface area contributed by atoms with Crippen molar-refractivity contribution in [3.05, 3.63) is 68.7 Å². The lowest BCUT2D eigenvalue weighted by Crippen LogP contribution is -2.50. The van der Waals surface area contributed by atoms with Gasteiger partial charge in [0.2, 0.25) is 11.8 Å². The molecule has 32 heavy (non-hydrogen) atoms. The van der Waals surface area contributed by atoms with Crippen LogP contribution in [0.4, 0.5) is 0 Å². The summed E-state index contributed by atoms with van der Waals surface area (Å²) in [6.45, 7) is 2.11. The summed E-state index contributed by atoms with van der Waals surface area (Å²) < 4.78 is 0. The smallest absolute Gasteiger partial charge is 0.242 e. The number of benzene rings is 2. The first-order valence-corrected chi connectivity index (χ1v) is 13.0. The Morgan fingerprint density at radius 1 is 1.06 bits per heavy atom. The van der Waals surface area contributed by atoms with Crippen LogP contribution in [0.2, 0.25) is 15.1 Å². The van der Waals surface area contributed by atoms with Crippen LogP contribution in [0.1, 0.15) is 43.7 Å². The van der Waals surface area contributed by atoms with Crippen LogP contribution >= 0.6 is 46.6 Å². The third-order valence-electron chi connectivity index (χ3n) is 5.59. The Morgan fingerprint density at radius 2 is 1.81 bits per heavy atom. The van der Waals surface area contributed by atoms with E-state index in [1.807, 2.05) is 30.3 Å². The molecule has 0 spiro atoms. The number of hydrogen-bond acceptors (Lipinski definition) is 3. The van der Waals surface area contributed by atoms with E-state index < -0.39 is 6.04 Å². The van der Waals surface area contributed by atoms with Crippen molar-refractivity contribution in [3.63, 3.8) is 0 Å². The quantitative estimate of drug-likeness (QED) is 0.425. The molecule has 172 valence electrons. The van der Waals surface area contributed by atoms with Crippen LogP contribution in [0.5, 0.6) is 0 Å². The predicted octanol–water partition coefficient (Wildman–Crippen LogP) is 6.36. The fraction of sp³-hybridized carbons (Fsp3) is 0.417. The average molecular weight is 514 g/mol. The molecular weight excluding hydrogens is 487 g/mol. The number of carbonyl (C=O) groups excluding carboxylic acids is 2. The molecule has 1 aliphatic rings. The van der Waals surface area contributed by atoms with Gasteiger partial charge in [0.05, 0.1) is 15.8 Å². The minimum Gasteiger partial charge on any atom is -0.352 e. The number of rotatable bonds is 9. The molecule has 2 aromatic rings. The Balaban J connectivity index is 1.66. The van der Waals surface area contributed by atoms with E-state index in [4.69, 9.17) is 34.8 Å². The second-order valence-corrected chi connectivity index (χ2v) is 10.3. The molecule has 3 rings (SSSR count). The van der Waals surface area contributed by atoms with Gasteiger partial charge < -0.3 is 10.2 Å². The van der Waals surface area contributed by atoms with Crippen molar-refractivity contribution in [3.8, 4) is 0 Å². The number of nitrogens with one attached hydrogen (secondary N) is 1. The second-order valence-electron chi connectivity index (χ2n) is 8.06. The zero-order valence-corrected chi connectivity index (χ0v) is 21.0. The third-order valence-corrected chi connectivity index (χ3v) is 7.55. The lowest BCUT2D eigenvalue weighted by molar-refractivity contribution is -0.138. The number of amides is 2. The van der Waals surface area contributed by atoms with Crippen LogP contribution in [-0.4, -0.2) is 34.6 Å². The number of hydrogen-bond donors (Lipinski definition) is 1. The molecular formula is C24H27Cl3N2O2S. The van der Waals surface area contributed by atoms with Gasteiger partial charge in [-0.05, 0) is 55.2 Å². The molecule has 4 nitrogen and oxygen atoms in total. The summed E-state index contributed by atoms with van der Waals surface area (Å²) in [5.74, 6) is 0.670. The van der Waals surface area contributed by atoms with Gasteiger partial charge in [0.25, 0.3) is 0 Å². The maximum Gasteiger partial charge on any atom is 0.242 e. The second kappa shape index (κ2) is 12.2. The molecule has 2 amide bonds. The molecule has 0 heterocycles. The van der Waals surface area contributed by atoms with Gasteiger partial charge in [-0.1, -0.05) is 65.8 Å². The molecule has 1 fully saturated rings.